The lowest BCUT2D eigenvalue weighted by molar-refractivity contribution is 0.0949. The number of amides is 1. The van der Waals surface area contributed by atoms with Crippen LogP contribution in [-0.2, 0) is 16.4 Å². The molecule has 9 heteroatoms. The van der Waals surface area contributed by atoms with Gasteiger partial charge in [0.15, 0.2) is 9.84 Å². The Labute approximate surface area is 188 Å². The molecule has 32 heavy (non-hydrogen) atoms. The Morgan fingerprint density at radius 2 is 1.72 bits per heavy atom. The highest BCUT2D eigenvalue weighted by atomic mass is 32.3. The summed E-state index contributed by atoms with van der Waals surface area (Å²) < 4.78 is 53.3. The Hall–Kier alpha value is -2.85. The number of benzene rings is 3. The molecule has 4 rings (SSSR count). The number of methoxy groups -OCH3 is 1. The first-order valence-electron chi connectivity index (χ1n) is 9.83. The molecule has 1 unspecified atom stereocenters. The molecular formula is C23H23NO6S2. The van der Waals surface area contributed by atoms with Gasteiger partial charge in [-0.25, -0.2) is 8.42 Å². The molecule has 0 fully saturated rings. The third-order valence-electron chi connectivity index (χ3n) is 5.45. The van der Waals surface area contributed by atoms with Gasteiger partial charge in [-0.1, -0.05) is 42.5 Å². The molecule has 3 aromatic carbocycles. The summed E-state index contributed by atoms with van der Waals surface area (Å²) in [5.74, 6) is -0.265. The molecule has 7 nitrogen and oxygen atoms in total. The number of hydrogen-bond acceptors (Lipinski definition) is 6. The molecule has 0 saturated heterocycles. The number of nitrogens with one attached hydrogen (secondary N) is 1. The van der Waals surface area contributed by atoms with Gasteiger partial charge in [0.25, 0.3) is 5.91 Å². The van der Waals surface area contributed by atoms with Crippen molar-refractivity contribution < 1.29 is 27.1 Å². The minimum absolute atomic E-state index is 0.0669. The lowest BCUT2D eigenvalue weighted by Crippen LogP contribution is -2.26. The monoisotopic (exact) mass is 473 g/mol. The second-order valence-corrected chi connectivity index (χ2v) is 11.6. The summed E-state index contributed by atoms with van der Waals surface area (Å²) in [4.78, 5) is 13.3. The van der Waals surface area contributed by atoms with E-state index in [-0.39, 0.29) is 33.2 Å². The summed E-state index contributed by atoms with van der Waals surface area (Å²) in [6.07, 6.45) is 0. The second-order valence-electron chi connectivity index (χ2n) is 7.39. The average molecular weight is 474 g/mol. The van der Waals surface area contributed by atoms with Crippen molar-refractivity contribution in [1.82, 2.24) is 5.32 Å². The molecule has 1 aliphatic rings. The van der Waals surface area contributed by atoms with E-state index in [1.54, 1.807) is 24.3 Å². The van der Waals surface area contributed by atoms with Crippen molar-refractivity contribution in [1.29, 1.82) is 0 Å². The number of sulfone groups is 1. The van der Waals surface area contributed by atoms with Gasteiger partial charge in [-0.05, 0) is 30.3 Å². The van der Waals surface area contributed by atoms with Crippen LogP contribution in [0.2, 0.25) is 0 Å². The Kier molecular flexibility index (Phi) is 6.00. The summed E-state index contributed by atoms with van der Waals surface area (Å²) >= 11 is 0. The molecule has 0 aliphatic carbocycles. The van der Waals surface area contributed by atoms with Crippen LogP contribution in [0.15, 0.2) is 82.6 Å². The van der Waals surface area contributed by atoms with Crippen molar-refractivity contribution in [2.24, 2.45) is 0 Å². The zero-order valence-electron chi connectivity index (χ0n) is 17.3. The number of carbonyl (C=O) groups excluding carboxylic acids is 1. The van der Waals surface area contributed by atoms with Crippen molar-refractivity contribution in [3.8, 4) is 5.75 Å². The van der Waals surface area contributed by atoms with Gasteiger partial charge in [-0.3, -0.25) is 13.9 Å². The van der Waals surface area contributed by atoms with Gasteiger partial charge in [0.1, 0.15) is 11.0 Å². The van der Waals surface area contributed by atoms with Crippen LogP contribution in [0.3, 0.4) is 0 Å². The van der Waals surface area contributed by atoms with Crippen molar-refractivity contribution in [2.45, 2.75) is 21.6 Å². The van der Waals surface area contributed by atoms with Crippen LogP contribution in [0.5, 0.6) is 5.75 Å². The number of carbonyl (C=O) groups is 1. The maximum absolute atomic E-state index is 13.4. The third kappa shape index (κ3) is 4.00. The van der Waals surface area contributed by atoms with Crippen LogP contribution < -0.4 is 10.1 Å². The van der Waals surface area contributed by atoms with Gasteiger partial charge in [0.05, 0.1) is 22.7 Å². The second kappa shape index (κ2) is 8.59. The molecule has 1 aliphatic heterocycles. The van der Waals surface area contributed by atoms with E-state index < -0.39 is 31.6 Å². The Morgan fingerprint density at radius 3 is 2.44 bits per heavy atom. The first-order chi connectivity index (χ1) is 15.3. The summed E-state index contributed by atoms with van der Waals surface area (Å²) in [7, 11) is -5.78. The highest BCUT2D eigenvalue weighted by Gasteiger charge is 2.45. The highest BCUT2D eigenvalue weighted by Crippen LogP contribution is 2.62. The van der Waals surface area contributed by atoms with E-state index in [0.29, 0.717) is 5.75 Å². The quantitative estimate of drug-likeness (QED) is 0.493. The molecule has 168 valence electrons. The fourth-order valence-electron chi connectivity index (χ4n) is 3.88. The van der Waals surface area contributed by atoms with Crippen molar-refractivity contribution in [2.75, 3.05) is 12.9 Å². The molecule has 0 aromatic heterocycles. The third-order valence-corrected chi connectivity index (χ3v) is 9.60. The van der Waals surface area contributed by atoms with Crippen molar-refractivity contribution in [3.63, 3.8) is 0 Å². The summed E-state index contributed by atoms with van der Waals surface area (Å²) in [5, 5.41) is 1.55. The van der Waals surface area contributed by atoms with Crippen LogP contribution in [0.1, 0.15) is 26.7 Å². The number of fused-ring (bicyclic) bond motifs is 1. The van der Waals surface area contributed by atoms with Gasteiger partial charge >= 0.3 is 0 Å². The minimum atomic E-state index is -3.96. The average Bonchev–Trinajstić information content (AvgIpc) is 3.10. The van der Waals surface area contributed by atoms with E-state index >= 15 is 0 Å². The van der Waals surface area contributed by atoms with Gasteiger partial charge in [-0.2, -0.15) is 10.6 Å². The maximum Gasteiger partial charge on any atom is 0.251 e. The topological polar surface area (TPSA) is 113 Å². The van der Waals surface area contributed by atoms with Crippen LogP contribution in [-0.4, -0.2) is 36.3 Å². The normalized spacial score (nSPS) is 17.9. The Bertz CT molecular complexity index is 1260. The standard InChI is InChI=1S/C23H23NO6S2/c1-30-19-12-6-5-8-16(19)14-24-23(25)18-11-7-13-20-22(18)21(15-31(20,26)27)32(28,29)17-9-3-2-4-10-17/h2-13,21,26-27H,14-15H2,1H3,(H,24,25). The molecule has 1 atom stereocenters. The van der Waals surface area contributed by atoms with E-state index in [1.807, 2.05) is 18.2 Å². The van der Waals surface area contributed by atoms with E-state index in [4.69, 9.17) is 4.74 Å². The van der Waals surface area contributed by atoms with Crippen molar-refractivity contribution in [3.05, 3.63) is 89.5 Å². The zero-order valence-corrected chi connectivity index (χ0v) is 18.9. The fraction of sp³-hybridized carbons (Fsp3) is 0.174. The van der Waals surface area contributed by atoms with Crippen LogP contribution in [0, 0.1) is 0 Å². The molecule has 0 spiro atoms. The van der Waals surface area contributed by atoms with E-state index in [1.165, 1.54) is 37.4 Å². The predicted molar refractivity (Wildman–Crippen MR) is 123 cm³/mol. The van der Waals surface area contributed by atoms with E-state index in [2.05, 4.69) is 5.32 Å². The first kappa shape index (κ1) is 22.3. The smallest absolute Gasteiger partial charge is 0.251 e. The zero-order chi connectivity index (χ0) is 22.9. The molecule has 3 N–H and O–H groups in total. The summed E-state index contributed by atoms with van der Waals surface area (Å²) in [6.45, 7) is 0.166. The Morgan fingerprint density at radius 1 is 1.03 bits per heavy atom. The molecule has 0 radical (unpaired) electrons. The number of hydrogen-bond donors (Lipinski definition) is 3. The minimum Gasteiger partial charge on any atom is -0.496 e. The van der Waals surface area contributed by atoms with Gasteiger partial charge in [-0.15, -0.1) is 0 Å². The fourth-order valence-corrected chi connectivity index (χ4v) is 8.34. The summed E-state index contributed by atoms with van der Waals surface area (Å²) in [5.41, 5.74) is 1.02. The number of rotatable bonds is 6. The molecule has 0 bridgehead atoms. The number of ether oxygens (including phenoxy) is 1. The van der Waals surface area contributed by atoms with E-state index in [9.17, 15) is 22.3 Å². The SMILES string of the molecule is COc1ccccc1CNC(=O)c1cccc2c1C(S(=O)(=O)c1ccccc1)CS2(O)O. The van der Waals surface area contributed by atoms with Gasteiger partial charge in [0, 0.05) is 23.2 Å². The first-order valence-corrected chi connectivity index (χ1v) is 13.1. The van der Waals surface area contributed by atoms with Crippen LogP contribution in [0.25, 0.3) is 0 Å². The van der Waals surface area contributed by atoms with Crippen LogP contribution in [0.4, 0.5) is 0 Å². The summed E-state index contributed by atoms with van der Waals surface area (Å²) in [6, 6.07) is 19.6. The number of para-hydroxylation sites is 1. The molecule has 3 aromatic rings. The lowest BCUT2D eigenvalue weighted by atomic mass is 10.0. The molecular weight excluding hydrogens is 450 g/mol. The van der Waals surface area contributed by atoms with Gasteiger partial charge in [0.2, 0.25) is 0 Å². The van der Waals surface area contributed by atoms with E-state index in [0.717, 1.165) is 5.56 Å². The highest BCUT2D eigenvalue weighted by molar-refractivity contribution is 8.25. The Balaban J connectivity index is 1.72. The lowest BCUT2D eigenvalue weighted by Gasteiger charge is -2.27. The largest absolute Gasteiger partial charge is 0.496 e. The maximum atomic E-state index is 13.4. The van der Waals surface area contributed by atoms with Crippen molar-refractivity contribution >= 4 is 26.3 Å². The van der Waals surface area contributed by atoms with Crippen LogP contribution >= 0.6 is 10.6 Å². The molecule has 1 amide bonds. The predicted octanol–water partition coefficient (Wildman–Crippen LogP) is 4.26. The van der Waals surface area contributed by atoms with Gasteiger partial charge < -0.3 is 10.1 Å². The molecule has 1 heterocycles. The molecule has 0 saturated carbocycles.